The van der Waals surface area contributed by atoms with Gasteiger partial charge in [0.25, 0.3) is 0 Å². The maximum Gasteiger partial charge on any atom is 0.303 e. The average molecular weight is 354 g/mol. The van der Waals surface area contributed by atoms with Crippen molar-refractivity contribution in [3.8, 4) is 0 Å². The van der Waals surface area contributed by atoms with Crippen LogP contribution in [0.25, 0.3) is 6.08 Å². The standard InChI is InChI=1S/C23H31NO2/c25-23(26)13-9-7-5-3-1-2-4-6-8-11-19-14-15-20-17-21-12-10-16-24(21)18-22(19)20/h10,12,14-17H,1-9,11,13,18H2,(H,25,26). The SMILES string of the molecule is O=C(O)CCCCCCCCCCCC1=C2Cn3cccc3C=C2C=C1. The van der Waals surface area contributed by atoms with Gasteiger partial charge >= 0.3 is 5.97 Å². The van der Waals surface area contributed by atoms with E-state index in [-0.39, 0.29) is 0 Å². The number of carboxylic acids is 1. The molecule has 3 rings (SSSR count). The lowest BCUT2D eigenvalue weighted by Crippen LogP contribution is -2.08. The lowest BCUT2D eigenvalue weighted by molar-refractivity contribution is -0.137. The van der Waals surface area contributed by atoms with Gasteiger partial charge in [-0.05, 0) is 54.2 Å². The van der Waals surface area contributed by atoms with Crippen LogP contribution in [0, 0.1) is 0 Å². The molecule has 0 saturated heterocycles. The Hall–Kier alpha value is -2.03. The van der Waals surface area contributed by atoms with Gasteiger partial charge in [-0.1, -0.05) is 57.1 Å². The predicted octanol–water partition coefficient (Wildman–Crippen LogP) is 6.13. The van der Waals surface area contributed by atoms with E-state index in [2.05, 4.69) is 41.1 Å². The molecular formula is C23H31NO2. The molecule has 0 saturated carbocycles. The lowest BCUT2D eigenvalue weighted by atomic mass is 9.98. The van der Waals surface area contributed by atoms with Crippen molar-refractivity contribution in [3.05, 3.63) is 52.9 Å². The minimum atomic E-state index is -0.664. The molecule has 1 aromatic heterocycles. The number of aliphatic carboxylic acids is 1. The quantitative estimate of drug-likeness (QED) is 0.459. The van der Waals surface area contributed by atoms with Gasteiger partial charge in [0.1, 0.15) is 0 Å². The Morgan fingerprint density at radius 1 is 0.962 bits per heavy atom. The van der Waals surface area contributed by atoms with Crippen molar-refractivity contribution in [2.45, 2.75) is 77.2 Å². The van der Waals surface area contributed by atoms with Crippen molar-refractivity contribution in [2.75, 3.05) is 0 Å². The Bertz CT molecular complexity index is 706. The van der Waals surface area contributed by atoms with Crippen LogP contribution >= 0.6 is 0 Å². The monoisotopic (exact) mass is 353 g/mol. The molecule has 3 nitrogen and oxygen atoms in total. The second-order valence-corrected chi connectivity index (χ2v) is 7.57. The second kappa shape index (κ2) is 9.61. The summed E-state index contributed by atoms with van der Waals surface area (Å²) in [4.78, 5) is 10.4. The summed E-state index contributed by atoms with van der Waals surface area (Å²) in [7, 11) is 0. The molecule has 3 heteroatoms. The van der Waals surface area contributed by atoms with Crippen LogP contribution < -0.4 is 0 Å². The molecule has 0 radical (unpaired) electrons. The van der Waals surface area contributed by atoms with Crippen molar-refractivity contribution >= 4 is 12.0 Å². The molecule has 0 amide bonds. The highest BCUT2D eigenvalue weighted by atomic mass is 16.4. The van der Waals surface area contributed by atoms with Crippen LogP contribution in [0.4, 0.5) is 0 Å². The van der Waals surface area contributed by atoms with Crippen LogP contribution in [-0.4, -0.2) is 15.6 Å². The van der Waals surface area contributed by atoms with Gasteiger partial charge < -0.3 is 9.67 Å². The number of unbranched alkanes of at least 4 members (excludes halogenated alkanes) is 8. The zero-order valence-corrected chi connectivity index (χ0v) is 15.8. The van der Waals surface area contributed by atoms with Crippen LogP contribution in [0.1, 0.15) is 76.3 Å². The van der Waals surface area contributed by atoms with Gasteiger partial charge in [-0.3, -0.25) is 4.79 Å². The summed E-state index contributed by atoms with van der Waals surface area (Å²) in [5.41, 5.74) is 5.79. The van der Waals surface area contributed by atoms with Crippen LogP contribution in [0.3, 0.4) is 0 Å². The Kier molecular flexibility index (Phi) is 6.93. The number of nitrogens with zero attached hydrogens (tertiary/aromatic N) is 1. The molecule has 1 aromatic rings. The molecule has 0 fully saturated rings. The Morgan fingerprint density at radius 2 is 1.65 bits per heavy atom. The van der Waals surface area contributed by atoms with Gasteiger partial charge in [0.2, 0.25) is 0 Å². The highest BCUT2D eigenvalue weighted by Gasteiger charge is 2.19. The van der Waals surface area contributed by atoms with Crippen molar-refractivity contribution < 1.29 is 9.90 Å². The smallest absolute Gasteiger partial charge is 0.303 e. The van der Waals surface area contributed by atoms with Crippen molar-refractivity contribution in [3.63, 3.8) is 0 Å². The summed E-state index contributed by atoms with van der Waals surface area (Å²) in [5.74, 6) is -0.664. The fourth-order valence-electron chi connectivity index (χ4n) is 4.00. The van der Waals surface area contributed by atoms with Gasteiger partial charge in [0.15, 0.2) is 0 Å². The molecule has 0 bridgehead atoms. The maximum atomic E-state index is 10.4. The first-order valence-electron chi connectivity index (χ1n) is 10.2. The molecule has 140 valence electrons. The van der Waals surface area contributed by atoms with Crippen LogP contribution in [-0.2, 0) is 11.3 Å². The van der Waals surface area contributed by atoms with E-state index in [0.717, 1.165) is 19.4 Å². The van der Waals surface area contributed by atoms with Crippen LogP contribution in [0.15, 0.2) is 47.2 Å². The van der Waals surface area contributed by atoms with E-state index in [0.29, 0.717) is 6.42 Å². The number of carboxylic acid groups (broad SMARTS) is 1. The van der Waals surface area contributed by atoms with E-state index >= 15 is 0 Å². The molecule has 2 heterocycles. The van der Waals surface area contributed by atoms with E-state index in [1.807, 2.05) is 0 Å². The summed E-state index contributed by atoms with van der Waals surface area (Å²) >= 11 is 0. The number of aromatic nitrogens is 1. The largest absolute Gasteiger partial charge is 0.481 e. The number of carbonyl (C=O) groups is 1. The number of hydrogen-bond acceptors (Lipinski definition) is 1. The van der Waals surface area contributed by atoms with Crippen molar-refractivity contribution in [2.24, 2.45) is 0 Å². The lowest BCUT2D eigenvalue weighted by Gasteiger charge is -2.17. The fraction of sp³-hybridized carbons (Fsp3) is 0.522. The predicted molar refractivity (Wildman–Crippen MR) is 107 cm³/mol. The number of hydrogen-bond donors (Lipinski definition) is 1. The Labute approximate surface area is 157 Å². The fourth-order valence-corrected chi connectivity index (χ4v) is 4.00. The zero-order valence-electron chi connectivity index (χ0n) is 15.8. The van der Waals surface area contributed by atoms with E-state index in [4.69, 9.17) is 5.11 Å². The van der Waals surface area contributed by atoms with E-state index in [1.165, 1.54) is 73.8 Å². The van der Waals surface area contributed by atoms with Gasteiger partial charge in [0.05, 0.1) is 0 Å². The third kappa shape index (κ3) is 5.23. The Balaban J connectivity index is 1.26. The summed E-state index contributed by atoms with van der Waals surface area (Å²) in [6.07, 6.45) is 21.5. The third-order valence-corrected chi connectivity index (χ3v) is 5.53. The molecule has 2 aliphatic rings. The minimum Gasteiger partial charge on any atom is -0.481 e. The number of fused-ring (bicyclic) bond motifs is 2. The topological polar surface area (TPSA) is 42.2 Å². The summed E-state index contributed by atoms with van der Waals surface area (Å²) in [6, 6.07) is 4.31. The molecule has 0 unspecified atom stereocenters. The van der Waals surface area contributed by atoms with Gasteiger partial charge in [-0.25, -0.2) is 0 Å². The third-order valence-electron chi connectivity index (χ3n) is 5.53. The summed E-state index contributed by atoms with van der Waals surface area (Å²) in [5, 5.41) is 8.60. The van der Waals surface area contributed by atoms with E-state index in [1.54, 1.807) is 0 Å². The number of allylic oxidation sites excluding steroid dienone is 5. The zero-order chi connectivity index (χ0) is 18.2. The van der Waals surface area contributed by atoms with Crippen molar-refractivity contribution in [1.82, 2.24) is 4.57 Å². The molecule has 0 spiro atoms. The van der Waals surface area contributed by atoms with Gasteiger partial charge in [0, 0.05) is 24.9 Å². The first kappa shape index (κ1) is 18.8. The average Bonchev–Trinajstić information content (AvgIpc) is 3.23. The molecule has 1 aliphatic carbocycles. The molecule has 1 aliphatic heterocycles. The van der Waals surface area contributed by atoms with E-state index in [9.17, 15) is 4.79 Å². The maximum absolute atomic E-state index is 10.4. The van der Waals surface area contributed by atoms with Crippen LogP contribution in [0.2, 0.25) is 0 Å². The first-order valence-corrected chi connectivity index (χ1v) is 10.2. The molecule has 0 aromatic carbocycles. The van der Waals surface area contributed by atoms with E-state index < -0.39 is 5.97 Å². The molecular weight excluding hydrogens is 322 g/mol. The first-order chi connectivity index (χ1) is 12.7. The Morgan fingerprint density at radius 3 is 2.38 bits per heavy atom. The summed E-state index contributed by atoms with van der Waals surface area (Å²) < 4.78 is 2.34. The van der Waals surface area contributed by atoms with Gasteiger partial charge in [-0.15, -0.1) is 0 Å². The highest BCUT2D eigenvalue weighted by Crippen LogP contribution is 2.34. The minimum absolute atomic E-state index is 0.328. The van der Waals surface area contributed by atoms with Crippen LogP contribution in [0.5, 0.6) is 0 Å². The molecule has 0 atom stereocenters. The second-order valence-electron chi connectivity index (χ2n) is 7.57. The van der Waals surface area contributed by atoms with Gasteiger partial charge in [-0.2, -0.15) is 0 Å². The molecule has 26 heavy (non-hydrogen) atoms. The van der Waals surface area contributed by atoms with Crippen molar-refractivity contribution in [1.29, 1.82) is 0 Å². The summed E-state index contributed by atoms with van der Waals surface area (Å²) in [6.45, 7) is 1.03. The number of rotatable bonds is 12. The molecule has 1 N–H and O–H groups in total. The normalized spacial score (nSPS) is 15.2. The highest BCUT2D eigenvalue weighted by molar-refractivity contribution is 5.68.